The fourth-order valence-corrected chi connectivity index (χ4v) is 2.87. The first-order valence-electron chi connectivity index (χ1n) is 6.30. The summed E-state index contributed by atoms with van der Waals surface area (Å²) >= 11 is 0. The van der Waals surface area contributed by atoms with Crippen LogP contribution in [0.1, 0.15) is 29.0 Å². The number of aryl methyl sites for hydroxylation is 1. The van der Waals surface area contributed by atoms with Crippen molar-refractivity contribution in [2.45, 2.75) is 19.8 Å². The molecule has 3 atom stereocenters. The average Bonchev–Trinajstić information content (AvgIpc) is 3.04. The molecule has 1 N–H and O–H groups in total. The molecule has 1 aromatic rings. The van der Waals surface area contributed by atoms with Crippen molar-refractivity contribution in [3.8, 4) is 0 Å². The Bertz CT molecular complexity index is 516. The molecular weight excluding hydrogens is 228 g/mol. The van der Waals surface area contributed by atoms with Crippen molar-refractivity contribution in [3.05, 3.63) is 35.8 Å². The number of furan rings is 1. The maximum Gasteiger partial charge on any atom is 0.274 e. The molecule has 2 aliphatic rings. The second kappa shape index (κ2) is 4.44. The lowest BCUT2D eigenvalue weighted by atomic mass is 9.95. The number of carbonyl (C=O) groups excluding carboxylic acids is 1. The standard InChI is InChI=1S/C14H16N2O2/c1-9-13(4-5-18-9)14(17)16-15-8-12-7-10-2-3-11(12)6-10/h2-5,8,10-12H,6-7H2,1H3,(H,16,17)/b15-8-/t10-,11+,12-/m1/s1. The minimum Gasteiger partial charge on any atom is -0.469 e. The van der Waals surface area contributed by atoms with Crippen molar-refractivity contribution in [2.75, 3.05) is 0 Å². The highest BCUT2D eigenvalue weighted by Gasteiger charge is 2.34. The topological polar surface area (TPSA) is 54.6 Å². The van der Waals surface area contributed by atoms with Crippen LogP contribution in [0.4, 0.5) is 0 Å². The SMILES string of the molecule is Cc1occc1C(=O)N/N=C\[C@H]1C[C@@H]2C=C[C@H]1C2. The molecule has 0 radical (unpaired) electrons. The van der Waals surface area contributed by atoms with E-state index in [4.69, 9.17) is 4.42 Å². The van der Waals surface area contributed by atoms with E-state index in [2.05, 4.69) is 22.7 Å². The predicted molar refractivity (Wildman–Crippen MR) is 68.2 cm³/mol. The first kappa shape index (κ1) is 11.3. The first-order chi connectivity index (χ1) is 8.74. The summed E-state index contributed by atoms with van der Waals surface area (Å²) in [6, 6.07) is 1.65. The molecule has 4 nitrogen and oxygen atoms in total. The Kier molecular flexibility index (Phi) is 2.78. The normalized spacial score (nSPS) is 29.3. The van der Waals surface area contributed by atoms with Gasteiger partial charge in [0.25, 0.3) is 5.91 Å². The number of hydrogen-bond donors (Lipinski definition) is 1. The number of amides is 1. The average molecular weight is 244 g/mol. The van der Waals surface area contributed by atoms with Crippen LogP contribution in [-0.2, 0) is 0 Å². The van der Waals surface area contributed by atoms with E-state index < -0.39 is 0 Å². The summed E-state index contributed by atoms with van der Waals surface area (Å²) in [5, 5.41) is 4.07. The molecule has 0 unspecified atom stereocenters. The molecule has 4 heteroatoms. The van der Waals surface area contributed by atoms with E-state index in [1.165, 1.54) is 12.7 Å². The van der Waals surface area contributed by atoms with Crippen molar-refractivity contribution >= 4 is 12.1 Å². The highest BCUT2D eigenvalue weighted by Crippen LogP contribution is 2.42. The molecule has 1 saturated carbocycles. The third-order valence-corrected chi connectivity index (χ3v) is 3.87. The molecule has 0 aliphatic heterocycles. The van der Waals surface area contributed by atoms with E-state index in [1.807, 2.05) is 6.21 Å². The number of allylic oxidation sites excluding steroid dienone is 2. The van der Waals surface area contributed by atoms with Gasteiger partial charge in [0.1, 0.15) is 5.76 Å². The van der Waals surface area contributed by atoms with Gasteiger partial charge in [0, 0.05) is 12.1 Å². The minimum absolute atomic E-state index is 0.212. The van der Waals surface area contributed by atoms with Crippen molar-refractivity contribution in [1.29, 1.82) is 0 Å². The number of fused-ring (bicyclic) bond motifs is 2. The van der Waals surface area contributed by atoms with E-state index in [-0.39, 0.29) is 5.91 Å². The molecule has 94 valence electrons. The van der Waals surface area contributed by atoms with Gasteiger partial charge < -0.3 is 4.42 Å². The highest BCUT2D eigenvalue weighted by atomic mass is 16.3. The van der Waals surface area contributed by atoms with Crippen molar-refractivity contribution < 1.29 is 9.21 Å². The summed E-state index contributed by atoms with van der Waals surface area (Å²) in [6.45, 7) is 1.76. The monoisotopic (exact) mass is 244 g/mol. The molecule has 0 saturated heterocycles. The van der Waals surface area contributed by atoms with Gasteiger partial charge in [-0.25, -0.2) is 5.43 Å². The molecule has 2 bridgehead atoms. The minimum atomic E-state index is -0.212. The van der Waals surface area contributed by atoms with Gasteiger partial charge in [-0.3, -0.25) is 4.79 Å². The number of nitrogens with one attached hydrogen (secondary N) is 1. The lowest BCUT2D eigenvalue weighted by Crippen LogP contribution is -2.19. The Morgan fingerprint density at radius 1 is 1.50 bits per heavy atom. The van der Waals surface area contributed by atoms with Crippen molar-refractivity contribution in [2.24, 2.45) is 22.9 Å². The fourth-order valence-electron chi connectivity index (χ4n) is 2.87. The van der Waals surface area contributed by atoms with Crippen LogP contribution in [0.5, 0.6) is 0 Å². The zero-order valence-corrected chi connectivity index (χ0v) is 10.3. The molecule has 1 amide bonds. The van der Waals surface area contributed by atoms with Crippen molar-refractivity contribution in [1.82, 2.24) is 5.43 Å². The summed E-state index contributed by atoms with van der Waals surface area (Å²) < 4.78 is 5.08. The Morgan fingerprint density at radius 3 is 3.00 bits per heavy atom. The third-order valence-electron chi connectivity index (χ3n) is 3.87. The van der Waals surface area contributed by atoms with E-state index in [9.17, 15) is 4.79 Å². The quantitative estimate of drug-likeness (QED) is 0.504. The molecule has 18 heavy (non-hydrogen) atoms. The summed E-state index contributed by atoms with van der Waals surface area (Å²) in [4.78, 5) is 11.8. The summed E-state index contributed by atoms with van der Waals surface area (Å²) in [7, 11) is 0. The van der Waals surface area contributed by atoms with E-state index in [0.29, 0.717) is 23.2 Å². The highest BCUT2D eigenvalue weighted by molar-refractivity contribution is 5.95. The third kappa shape index (κ3) is 1.98. The number of carbonyl (C=O) groups is 1. The number of nitrogens with zero attached hydrogens (tertiary/aromatic N) is 1. The van der Waals surface area contributed by atoms with Gasteiger partial charge in [0.2, 0.25) is 0 Å². The molecule has 3 rings (SSSR count). The van der Waals surface area contributed by atoms with Crippen LogP contribution in [0.2, 0.25) is 0 Å². The molecule has 1 fully saturated rings. The zero-order chi connectivity index (χ0) is 12.5. The summed E-state index contributed by atoms with van der Waals surface area (Å²) in [6.07, 6.45) is 10.3. The predicted octanol–water partition coefficient (Wildman–Crippen LogP) is 2.52. The van der Waals surface area contributed by atoms with Gasteiger partial charge in [-0.15, -0.1) is 0 Å². The molecule has 2 aliphatic carbocycles. The summed E-state index contributed by atoms with van der Waals surface area (Å²) in [5.74, 6) is 2.22. The second-order valence-electron chi connectivity index (χ2n) is 5.05. The zero-order valence-electron chi connectivity index (χ0n) is 10.3. The molecular formula is C14H16N2O2. The molecule has 1 aromatic heterocycles. The van der Waals surface area contributed by atoms with Crippen LogP contribution in [0.25, 0.3) is 0 Å². The fraction of sp³-hybridized carbons (Fsp3) is 0.429. The van der Waals surface area contributed by atoms with Crippen molar-refractivity contribution in [3.63, 3.8) is 0 Å². The lowest BCUT2D eigenvalue weighted by Gasteiger charge is -2.11. The van der Waals surface area contributed by atoms with Crippen LogP contribution in [0.15, 0.2) is 34.0 Å². The van der Waals surface area contributed by atoms with Gasteiger partial charge in [0.15, 0.2) is 0 Å². The van der Waals surface area contributed by atoms with E-state index in [1.54, 1.807) is 13.0 Å². The van der Waals surface area contributed by atoms with Gasteiger partial charge in [0.05, 0.1) is 11.8 Å². The Hall–Kier alpha value is -1.84. The van der Waals surface area contributed by atoms with Gasteiger partial charge in [-0.1, -0.05) is 12.2 Å². The van der Waals surface area contributed by atoms with Crippen LogP contribution in [0, 0.1) is 24.7 Å². The van der Waals surface area contributed by atoms with Crippen LogP contribution >= 0.6 is 0 Å². The van der Waals surface area contributed by atoms with Gasteiger partial charge >= 0.3 is 0 Å². The van der Waals surface area contributed by atoms with E-state index >= 15 is 0 Å². The molecule has 1 heterocycles. The lowest BCUT2D eigenvalue weighted by molar-refractivity contribution is 0.0953. The summed E-state index contributed by atoms with van der Waals surface area (Å²) in [5.41, 5.74) is 3.10. The Balaban J connectivity index is 1.57. The molecule has 0 aromatic carbocycles. The van der Waals surface area contributed by atoms with E-state index in [0.717, 1.165) is 12.3 Å². The Morgan fingerprint density at radius 2 is 2.39 bits per heavy atom. The van der Waals surface area contributed by atoms with Crippen LogP contribution < -0.4 is 5.43 Å². The largest absolute Gasteiger partial charge is 0.469 e. The van der Waals surface area contributed by atoms with Crippen LogP contribution in [0.3, 0.4) is 0 Å². The second-order valence-corrected chi connectivity index (χ2v) is 5.05. The van der Waals surface area contributed by atoms with Gasteiger partial charge in [-0.2, -0.15) is 5.10 Å². The number of hydrazone groups is 1. The Labute approximate surface area is 106 Å². The first-order valence-corrected chi connectivity index (χ1v) is 6.30. The molecule has 0 spiro atoms. The van der Waals surface area contributed by atoms with Crippen LogP contribution in [-0.4, -0.2) is 12.1 Å². The van der Waals surface area contributed by atoms with Gasteiger partial charge in [-0.05, 0) is 37.7 Å². The smallest absolute Gasteiger partial charge is 0.274 e. The number of rotatable bonds is 3. The number of hydrogen-bond acceptors (Lipinski definition) is 3. The maximum atomic E-state index is 11.8. The maximum absolute atomic E-state index is 11.8.